The third-order valence-electron chi connectivity index (χ3n) is 6.57. The Labute approximate surface area is 259 Å². The van der Waals surface area contributed by atoms with Gasteiger partial charge in [0.2, 0.25) is 15.9 Å². The van der Waals surface area contributed by atoms with Crippen LogP contribution in [0.5, 0.6) is 0 Å². The van der Waals surface area contributed by atoms with E-state index in [1.807, 2.05) is 19.0 Å². The summed E-state index contributed by atoms with van der Waals surface area (Å²) in [5.74, 6) is -1.47. The van der Waals surface area contributed by atoms with Crippen LogP contribution in [-0.2, 0) is 14.8 Å². The van der Waals surface area contributed by atoms with Crippen molar-refractivity contribution in [2.24, 2.45) is 0 Å². The summed E-state index contributed by atoms with van der Waals surface area (Å²) in [7, 11) is -0.0774. The fraction of sp³-hybridized carbons (Fsp3) is 0.286. The summed E-state index contributed by atoms with van der Waals surface area (Å²) in [6.45, 7) is 0.945. The minimum Gasteiger partial charge on any atom is -0.348 e. The van der Waals surface area contributed by atoms with E-state index in [0.29, 0.717) is 25.1 Å². The lowest BCUT2D eigenvalue weighted by atomic mass is 10.1. The Morgan fingerprint density at radius 2 is 1.72 bits per heavy atom. The number of hydrogen-bond acceptors (Lipinski definition) is 7. The van der Waals surface area contributed by atoms with Crippen molar-refractivity contribution in [1.29, 1.82) is 0 Å². The Balaban J connectivity index is 1.34. The molecule has 1 saturated heterocycles. The van der Waals surface area contributed by atoms with Crippen LogP contribution in [0.3, 0.4) is 0 Å². The number of anilines is 2. The number of halogens is 2. The lowest BCUT2D eigenvalue weighted by molar-refractivity contribution is -0.111. The predicted octanol–water partition coefficient (Wildman–Crippen LogP) is 3.61. The van der Waals surface area contributed by atoms with Crippen LogP contribution >= 0.6 is 23.2 Å². The van der Waals surface area contributed by atoms with Gasteiger partial charge in [0.1, 0.15) is 5.69 Å². The number of H-pyrrole nitrogens is 1. The second kappa shape index (κ2) is 14.1. The Morgan fingerprint density at radius 1 is 1.05 bits per heavy atom. The van der Waals surface area contributed by atoms with Gasteiger partial charge in [0, 0.05) is 37.4 Å². The molecule has 4 N–H and O–H groups in total. The number of carbonyl (C=O) groups excluding carboxylic acids is 3. The summed E-state index contributed by atoms with van der Waals surface area (Å²) in [5.41, 5.74) is 0.597. The van der Waals surface area contributed by atoms with E-state index >= 15 is 0 Å². The van der Waals surface area contributed by atoms with Gasteiger partial charge in [0.15, 0.2) is 0 Å². The summed E-state index contributed by atoms with van der Waals surface area (Å²) >= 11 is 12.2. The second-order valence-corrected chi connectivity index (χ2v) is 12.8. The number of piperidine rings is 1. The van der Waals surface area contributed by atoms with Crippen LogP contribution in [0.15, 0.2) is 65.7 Å². The monoisotopic (exact) mass is 647 g/mol. The molecule has 0 saturated carbocycles. The molecule has 43 heavy (non-hydrogen) atoms. The highest BCUT2D eigenvalue weighted by atomic mass is 35.5. The SMILES string of the molecule is CN(C)CC=CC(=O)Nc1cccc(S(=O)(=O)N2CCC(NC(=O)c3[nH]ncc3NC(=O)c3c(Cl)cccc3Cl)CC2)c1. The number of amides is 3. The summed E-state index contributed by atoms with van der Waals surface area (Å²) in [4.78, 5) is 39.9. The third-order valence-corrected chi connectivity index (χ3v) is 9.10. The summed E-state index contributed by atoms with van der Waals surface area (Å²) < 4.78 is 28.0. The molecule has 1 aromatic heterocycles. The van der Waals surface area contributed by atoms with E-state index in [-0.39, 0.29) is 56.9 Å². The molecule has 1 fully saturated rings. The van der Waals surface area contributed by atoms with E-state index in [1.54, 1.807) is 24.3 Å². The van der Waals surface area contributed by atoms with Gasteiger partial charge in [-0.1, -0.05) is 41.4 Å². The van der Waals surface area contributed by atoms with Gasteiger partial charge in [-0.15, -0.1) is 0 Å². The van der Waals surface area contributed by atoms with Crippen molar-refractivity contribution in [3.63, 3.8) is 0 Å². The van der Waals surface area contributed by atoms with Crippen molar-refractivity contribution in [1.82, 2.24) is 24.7 Å². The van der Waals surface area contributed by atoms with Gasteiger partial charge in [-0.25, -0.2) is 8.42 Å². The van der Waals surface area contributed by atoms with Gasteiger partial charge in [0.05, 0.1) is 32.4 Å². The highest BCUT2D eigenvalue weighted by Crippen LogP contribution is 2.26. The number of aromatic amines is 1. The molecule has 3 amide bonds. The number of carbonyl (C=O) groups is 3. The van der Waals surface area contributed by atoms with Crippen LogP contribution in [0, 0.1) is 0 Å². The Bertz CT molecular complexity index is 1610. The maximum atomic E-state index is 13.3. The molecule has 2 heterocycles. The molecule has 15 heteroatoms. The second-order valence-electron chi connectivity index (χ2n) is 10.0. The first kappa shape index (κ1) is 32.2. The molecular formula is C28H31Cl2N7O5S. The molecule has 0 unspecified atom stereocenters. The van der Waals surface area contributed by atoms with E-state index in [1.165, 1.54) is 40.8 Å². The molecule has 0 spiro atoms. The number of likely N-dealkylation sites (N-methyl/N-ethyl adjacent to an activating group) is 1. The molecule has 0 atom stereocenters. The van der Waals surface area contributed by atoms with E-state index in [9.17, 15) is 22.8 Å². The van der Waals surface area contributed by atoms with Crippen molar-refractivity contribution in [2.75, 3.05) is 44.4 Å². The average Bonchev–Trinajstić information content (AvgIpc) is 3.41. The zero-order valence-electron chi connectivity index (χ0n) is 23.4. The summed E-state index contributed by atoms with van der Waals surface area (Å²) in [5, 5.41) is 14.9. The van der Waals surface area contributed by atoms with Gasteiger partial charge < -0.3 is 20.9 Å². The Morgan fingerprint density at radius 3 is 2.40 bits per heavy atom. The van der Waals surface area contributed by atoms with Crippen LogP contribution in [0.4, 0.5) is 11.4 Å². The Hall–Kier alpha value is -3.75. The first-order chi connectivity index (χ1) is 20.5. The molecular weight excluding hydrogens is 617 g/mol. The quantitative estimate of drug-likeness (QED) is 0.245. The van der Waals surface area contributed by atoms with Gasteiger partial charge in [0.25, 0.3) is 11.8 Å². The fourth-order valence-electron chi connectivity index (χ4n) is 4.39. The van der Waals surface area contributed by atoms with Crippen LogP contribution < -0.4 is 16.0 Å². The largest absolute Gasteiger partial charge is 0.348 e. The summed E-state index contributed by atoms with van der Waals surface area (Å²) in [6, 6.07) is 10.4. The maximum Gasteiger partial charge on any atom is 0.271 e. The highest BCUT2D eigenvalue weighted by molar-refractivity contribution is 7.89. The number of sulfonamides is 1. The predicted molar refractivity (Wildman–Crippen MR) is 165 cm³/mol. The van der Waals surface area contributed by atoms with Crippen molar-refractivity contribution in [2.45, 2.75) is 23.8 Å². The van der Waals surface area contributed by atoms with Crippen molar-refractivity contribution < 1.29 is 22.8 Å². The first-order valence-electron chi connectivity index (χ1n) is 13.3. The minimum atomic E-state index is -3.84. The number of aromatic nitrogens is 2. The van der Waals surface area contributed by atoms with Crippen molar-refractivity contribution >= 4 is 62.3 Å². The van der Waals surface area contributed by atoms with E-state index in [2.05, 4.69) is 26.1 Å². The molecule has 1 aliphatic rings. The number of nitrogens with one attached hydrogen (secondary N) is 4. The molecule has 1 aliphatic heterocycles. The standard InChI is InChI=1S/C28H31Cl2N7O5S/c1-36(2)13-5-10-24(38)32-19-6-3-7-20(16-19)43(41,42)37-14-11-18(12-15-37)33-28(40)26-23(17-31-35-26)34-27(39)25-21(29)8-4-9-22(25)30/h3-10,16-18H,11-15H2,1-2H3,(H,31,35)(H,32,38)(H,33,40)(H,34,39). The third kappa shape index (κ3) is 8.21. The van der Waals surface area contributed by atoms with Gasteiger partial charge in [-0.2, -0.15) is 9.40 Å². The zero-order valence-corrected chi connectivity index (χ0v) is 25.8. The average molecular weight is 649 g/mol. The topological polar surface area (TPSA) is 157 Å². The molecule has 228 valence electrons. The molecule has 0 bridgehead atoms. The molecule has 4 rings (SSSR count). The lowest BCUT2D eigenvalue weighted by Gasteiger charge is -2.31. The van der Waals surface area contributed by atoms with Gasteiger partial charge >= 0.3 is 0 Å². The van der Waals surface area contributed by atoms with Crippen LogP contribution in [0.25, 0.3) is 0 Å². The van der Waals surface area contributed by atoms with Gasteiger partial charge in [-0.05, 0) is 57.3 Å². The summed E-state index contributed by atoms with van der Waals surface area (Å²) in [6.07, 6.45) is 5.13. The number of benzene rings is 2. The van der Waals surface area contributed by atoms with Crippen molar-refractivity contribution in [3.8, 4) is 0 Å². The van der Waals surface area contributed by atoms with Crippen LogP contribution in [0.1, 0.15) is 33.7 Å². The highest BCUT2D eigenvalue weighted by Gasteiger charge is 2.31. The number of nitrogens with zero attached hydrogens (tertiary/aromatic N) is 3. The van der Waals surface area contributed by atoms with Gasteiger partial charge in [-0.3, -0.25) is 19.5 Å². The van der Waals surface area contributed by atoms with E-state index in [0.717, 1.165) is 0 Å². The molecule has 12 nitrogen and oxygen atoms in total. The van der Waals surface area contributed by atoms with Crippen LogP contribution in [0.2, 0.25) is 10.0 Å². The smallest absolute Gasteiger partial charge is 0.271 e. The van der Waals surface area contributed by atoms with Crippen LogP contribution in [-0.4, -0.2) is 85.3 Å². The lowest BCUT2D eigenvalue weighted by Crippen LogP contribution is -2.46. The van der Waals surface area contributed by atoms with Crippen molar-refractivity contribution in [3.05, 3.63) is 82.1 Å². The maximum absolute atomic E-state index is 13.3. The fourth-order valence-corrected chi connectivity index (χ4v) is 6.47. The molecule has 0 radical (unpaired) electrons. The Kier molecular flexibility index (Phi) is 10.6. The minimum absolute atomic E-state index is 0.0296. The van der Waals surface area contributed by atoms with E-state index in [4.69, 9.17) is 23.2 Å². The number of rotatable bonds is 10. The zero-order chi connectivity index (χ0) is 31.1. The first-order valence-corrected chi connectivity index (χ1v) is 15.5. The normalized spacial score (nSPS) is 14.6. The molecule has 0 aliphatic carbocycles. The molecule has 2 aromatic carbocycles. The number of hydrogen-bond donors (Lipinski definition) is 4. The van der Waals surface area contributed by atoms with E-state index < -0.39 is 21.8 Å². The molecule has 3 aromatic rings.